The Morgan fingerprint density at radius 2 is 2.40 bits per heavy atom. The lowest BCUT2D eigenvalue weighted by molar-refractivity contribution is -0.115. The first-order valence-corrected chi connectivity index (χ1v) is 7.57. The van der Waals surface area contributed by atoms with Crippen LogP contribution in [0.1, 0.15) is 18.1 Å². The summed E-state index contributed by atoms with van der Waals surface area (Å²) in [6, 6.07) is 6.39. The summed E-state index contributed by atoms with van der Waals surface area (Å²) in [5.41, 5.74) is 5.50. The number of rotatable bonds is 4. The normalized spacial score (nSPS) is 13.3. The average molecular weight is 288 g/mol. The van der Waals surface area contributed by atoms with E-state index in [0.29, 0.717) is 11.7 Å². The molecule has 0 saturated carbocycles. The van der Waals surface area contributed by atoms with Gasteiger partial charge in [0.2, 0.25) is 11.0 Å². The number of hydrogen-bond donors (Lipinski definition) is 1. The average Bonchev–Trinajstić information content (AvgIpc) is 3.09. The van der Waals surface area contributed by atoms with E-state index in [2.05, 4.69) is 45.5 Å². The SMILES string of the molecule is CCc1cccc2c1N(CC(=O)Nc1nncs1)CC2. The summed E-state index contributed by atoms with van der Waals surface area (Å²) in [5.74, 6) is -0.0412. The fourth-order valence-electron chi connectivity index (χ4n) is 2.62. The molecule has 0 spiro atoms. The molecule has 2 aromatic rings. The number of carbonyl (C=O) groups is 1. The van der Waals surface area contributed by atoms with Crippen molar-refractivity contribution < 1.29 is 4.79 Å². The lowest BCUT2D eigenvalue weighted by atomic mass is 10.1. The van der Waals surface area contributed by atoms with Crippen LogP contribution in [0.5, 0.6) is 0 Å². The highest BCUT2D eigenvalue weighted by molar-refractivity contribution is 7.13. The number of nitrogens with one attached hydrogen (secondary N) is 1. The maximum Gasteiger partial charge on any atom is 0.245 e. The largest absolute Gasteiger partial charge is 0.361 e. The Kier molecular flexibility index (Phi) is 3.64. The summed E-state index contributed by atoms with van der Waals surface area (Å²) in [5, 5.41) is 10.9. The molecule has 1 aromatic heterocycles. The number of carbonyl (C=O) groups excluding carboxylic acids is 1. The van der Waals surface area contributed by atoms with Gasteiger partial charge in [0.15, 0.2) is 0 Å². The highest BCUT2D eigenvalue weighted by atomic mass is 32.1. The fourth-order valence-corrected chi connectivity index (χ4v) is 3.08. The van der Waals surface area contributed by atoms with E-state index < -0.39 is 0 Å². The molecule has 0 saturated heterocycles. The molecule has 0 bridgehead atoms. The van der Waals surface area contributed by atoms with Crippen LogP contribution in [0.25, 0.3) is 0 Å². The number of para-hydroxylation sites is 1. The number of fused-ring (bicyclic) bond motifs is 1. The Morgan fingerprint density at radius 3 is 3.15 bits per heavy atom. The molecule has 1 aliphatic heterocycles. The van der Waals surface area contributed by atoms with Crippen molar-refractivity contribution in [1.29, 1.82) is 0 Å². The van der Waals surface area contributed by atoms with E-state index in [1.165, 1.54) is 28.2 Å². The number of amides is 1. The Labute approximate surface area is 121 Å². The highest BCUT2D eigenvalue weighted by Gasteiger charge is 2.23. The predicted octanol–water partition coefficient (Wildman–Crippen LogP) is 2.10. The predicted molar refractivity (Wildman–Crippen MR) is 80.3 cm³/mol. The standard InChI is InChI=1S/C14H16N4OS/c1-2-10-4-3-5-11-6-7-18(13(10)11)8-12(19)16-14-17-15-9-20-14/h3-5,9H,2,6-8H2,1H3,(H,16,17,19). The molecule has 1 aliphatic rings. The second-order valence-corrected chi connectivity index (χ2v) is 5.58. The van der Waals surface area contributed by atoms with Gasteiger partial charge in [-0.3, -0.25) is 10.1 Å². The van der Waals surface area contributed by atoms with Gasteiger partial charge in [0, 0.05) is 12.2 Å². The summed E-state index contributed by atoms with van der Waals surface area (Å²) in [6.07, 6.45) is 1.99. The molecule has 2 heterocycles. The van der Waals surface area contributed by atoms with Crippen molar-refractivity contribution >= 4 is 28.1 Å². The molecule has 3 rings (SSSR count). The summed E-state index contributed by atoms with van der Waals surface area (Å²) in [7, 11) is 0. The van der Waals surface area contributed by atoms with Crippen molar-refractivity contribution in [2.24, 2.45) is 0 Å². The number of nitrogens with zero attached hydrogens (tertiary/aromatic N) is 3. The third-order valence-electron chi connectivity index (χ3n) is 3.49. The van der Waals surface area contributed by atoms with Crippen LogP contribution in [0.3, 0.4) is 0 Å². The second kappa shape index (κ2) is 5.58. The zero-order valence-electron chi connectivity index (χ0n) is 11.3. The van der Waals surface area contributed by atoms with Gasteiger partial charge in [-0.25, -0.2) is 0 Å². The quantitative estimate of drug-likeness (QED) is 0.936. The molecule has 5 nitrogen and oxygen atoms in total. The number of benzene rings is 1. The van der Waals surface area contributed by atoms with E-state index in [9.17, 15) is 4.79 Å². The van der Waals surface area contributed by atoms with Crippen molar-refractivity contribution in [3.05, 3.63) is 34.8 Å². The lowest BCUT2D eigenvalue weighted by Gasteiger charge is -2.21. The van der Waals surface area contributed by atoms with Gasteiger partial charge in [0.05, 0.1) is 6.54 Å². The minimum absolute atomic E-state index is 0.0412. The molecule has 1 N–H and O–H groups in total. The van der Waals surface area contributed by atoms with Crippen molar-refractivity contribution in [1.82, 2.24) is 10.2 Å². The molecule has 0 fully saturated rings. The maximum atomic E-state index is 12.1. The summed E-state index contributed by atoms with van der Waals surface area (Å²) < 4.78 is 0. The van der Waals surface area contributed by atoms with Gasteiger partial charge < -0.3 is 4.90 Å². The first-order chi connectivity index (χ1) is 9.78. The second-order valence-electron chi connectivity index (χ2n) is 4.74. The van der Waals surface area contributed by atoms with Crippen LogP contribution in [0, 0.1) is 0 Å². The molecular weight excluding hydrogens is 272 g/mol. The van der Waals surface area contributed by atoms with E-state index in [-0.39, 0.29) is 5.91 Å². The van der Waals surface area contributed by atoms with Gasteiger partial charge in [0.1, 0.15) is 5.51 Å². The minimum atomic E-state index is -0.0412. The maximum absolute atomic E-state index is 12.1. The van der Waals surface area contributed by atoms with E-state index >= 15 is 0 Å². The first kappa shape index (κ1) is 13.1. The van der Waals surface area contributed by atoms with Crippen molar-refractivity contribution in [3.8, 4) is 0 Å². The Hall–Kier alpha value is -1.95. The highest BCUT2D eigenvalue weighted by Crippen LogP contribution is 2.31. The Balaban J connectivity index is 1.73. The van der Waals surface area contributed by atoms with Crippen LogP contribution in [-0.2, 0) is 17.6 Å². The minimum Gasteiger partial charge on any atom is -0.361 e. The molecule has 1 amide bonds. The molecule has 0 aliphatic carbocycles. The molecular formula is C14H16N4OS. The van der Waals surface area contributed by atoms with Crippen molar-refractivity contribution in [2.75, 3.05) is 23.3 Å². The molecule has 104 valence electrons. The number of hydrogen-bond acceptors (Lipinski definition) is 5. The summed E-state index contributed by atoms with van der Waals surface area (Å²) in [4.78, 5) is 14.2. The van der Waals surface area contributed by atoms with Crippen LogP contribution in [-0.4, -0.2) is 29.2 Å². The van der Waals surface area contributed by atoms with Gasteiger partial charge in [-0.2, -0.15) is 0 Å². The number of aromatic nitrogens is 2. The van der Waals surface area contributed by atoms with Crippen LogP contribution >= 0.6 is 11.3 Å². The molecule has 1 aromatic carbocycles. The van der Waals surface area contributed by atoms with Crippen LogP contribution in [0.2, 0.25) is 0 Å². The van der Waals surface area contributed by atoms with E-state index in [1.54, 1.807) is 5.51 Å². The van der Waals surface area contributed by atoms with Crippen LogP contribution < -0.4 is 10.2 Å². The van der Waals surface area contributed by atoms with Crippen LogP contribution in [0.4, 0.5) is 10.8 Å². The molecule has 20 heavy (non-hydrogen) atoms. The van der Waals surface area contributed by atoms with E-state index in [4.69, 9.17) is 0 Å². The zero-order chi connectivity index (χ0) is 13.9. The molecule has 0 atom stereocenters. The van der Waals surface area contributed by atoms with Gasteiger partial charge in [-0.1, -0.05) is 36.5 Å². The number of anilines is 2. The Morgan fingerprint density at radius 1 is 1.50 bits per heavy atom. The van der Waals surface area contributed by atoms with Crippen LogP contribution in [0.15, 0.2) is 23.7 Å². The number of aryl methyl sites for hydroxylation is 1. The molecule has 0 unspecified atom stereocenters. The van der Waals surface area contributed by atoms with Gasteiger partial charge in [0.25, 0.3) is 0 Å². The first-order valence-electron chi connectivity index (χ1n) is 6.69. The topological polar surface area (TPSA) is 58.1 Å². The lowest BCUT2D eigenvalue weighted by Crippen LogP contribution is -2.32. The van der Waals surface area contributed by atoms with Crippen molar-refractivity contribution in [2.45, 2.75) is 19.8 Å². The zero-order valence-corrected chi connectivity index (χ0v) is 12.1. The molecule has 6 heteroatoms. The van der Waals surface area contributed by atoms with Crippen molar-refractivity contribution in [3.63, 3.8) is 0 Å². The van der Waals surface area contributed by atoms with E-state index in [1.807, 2.05) is 0 Å². The summed E-state index contributed by atoms with van der Waals surface area (Å²) in [6.45, 7) is 3.41. The van der Waals surface area contributed by atoms with Gasteiger partial charge >= 0.3 is 0 Å². The smallest absolute Gasteiger partial charge is 0.245 e. The third-order valence-corrected chi connectivity index (χ3v) is 4.10. The fraction of sp³-hybridized carbons (Fsp3) is 0.357. The van der Waals surface area contributed by atoms with Gasteiger partial charge in [-0.15, -0.1) is 10.2 Å². The molecule has 0 radical (unpaired) electrons. The third kappa shape index (κ3) is 2.51. The van der Waals surface area contributed by atoms with Gasteiger partial charge in [-0.05, 0) is 24.0 Å². The summed E-state index contributed by atoms with van der Waals surface area (Å²) >= 11 is 1.33. The monoisotopic (exact) mass is 288 g/mol. The van der Waals surface area contributed by atoms with E-state index in [0.717, 1.165) is 19.4 Å². The Bertz CT molecular complexity index is 612.